The molecular formula is C21H17NO7S. The standard InChI is InChI=1S/C21H17NO7S/c1-28-16-9-5-8-14(19(16)29-12-18(24)25)10-17-20(26)22(21(27)30-17)11-15(23)13-6-3-2-4-7-13/h2-10H,11-12H2,1H3,(H,24,25)/b17-10+. The van der Waals surface area contributed by atoms with Gasteiger partial charge in [0.25, 0.3) is 11.1 Å². The molecule has 2 amide bonds. The third-order valence-electron chi connectivity index (χ3n) is 4.13. The Hall–Kier alpha value is -3.59. The summed E-state index contributed by atoms with van der Waals surface area (Å²) in [5.74, 6) is -1.73. The number of carbonyl (C=O) groups is 4. The fraction of sp³-hybridized carbons (Fsp3) is 0.143. The smallest absolute Gasteiger partial charge is 0.341 e. The molecule has 1 saturated heterocycles. The molecule has 2 aromatic rings. The number of amides is 2. The molecule has 0 bridgehead atoms. The summed E-state index contributed by atoms with van der Waals surface area (Å²) < 4.78 is 10.5. The van der Waals surface area contributed by atoms with Gasteiger partial charge in [0.05, 0.1) is 18.6 Å². The van der Waals surface area contributed by atoms with Crippen molar-refractivity contribution < 1.29 is 33.8 Å². The molecule has 154 valence electrons. The number of imide groups is 1. The van der Waals surface area contributed by atoms with Crippen molar-refractivity contribution in [3.05, 3.63) is 64.6 Å². The molecule has 1 fully saturated rings. The summed E-state index contributed by atoms with van der Waals surface area (Å²) >= 11 is 0.694. The first kappa shape index (κ1) is 21.1. The molecule has 1 N–H and O–H groups in total. The number of benzene rings is 2. The molecule has 2 aromatic carbocycles. The maximum atomic E-state index is 12.7. The van der Waals surface area contributed by atoms with Crippen molar-refractivity contribution in [3.63, 3.8) is 0 Å². The summed E-state index contributed by atoms with van der Waals surface area (Å²) in [7, 11) is 1.40. The third kappa shape index (κ3) is 4.69. The molecule has 0 radical (unpaired) electrons. The van der Waals surface area contributed by atoms with Crippen LogP contribution < -0.4 is 9.47 Å². The number of ketones is 1. The van der Waals surface area contributed by atoms with Gasteiger partial charge in [0.2, 0.25) is 0 Å². The summed E-state index contributed by atoms with van der Waals surface area (Å²) in [5.41, 5.74) is 0.771. The van der Waals surface area contributed by atoms with Crippen LogP contribution in [0.5, 0.6) is 11.5 Å². The number of hydrogen-bond donors (Lipinski definition) is 1. The van der Waals surface area contributed by atoms with Crippen LogP contribution in [0.1, 0.15) is 15.9 Å². The maximum Gasteiger partial charge on any atom is 0.341 e. The lowest BCUT2D eigenvalue weighted by Gasteiger charge is -2.12. The highest BCUT2D eigenvalue weighted by atomic mass is 32.2. The molecule has 0 spiro atoms. The number of carbonyl (C=O) groups excluding carboxylic acids is 3. The largest absolute Gasteiger partial charge is 0.493 e. The van der Waals surface area contributed by atoms with E-state index in [1.54, 1.807) is 48.5 Å². The first-order chi connectivity index (χ1) is 14.4. The summed E-state index contributed by atoms with van der Waals surface area (Å²) in [6.07, 6.45) is 1.41. The van der Waals surface area contributed by atoms with Gasteiger partial charge in [-0.25, -0.2) is 4.79 Å². The Kier molecular flexibility index (Phi) is 6.53. The van der Waals surface area contributed by atoms with Gasteiger partial charge in [0.15, 0.2) is 23.9 Å². The van der Waals surface area contributed by atoms with Crippen LogP contribution in [0.25, 0.3) is 6.08 Å². The van der Waals surface area contributed by atoms with E-state index in [0.29, 0.717) is 22.9 Å². The van der Waals surface area contributed by atoms with Crippen LogP contribution in [0.4, 0.5) is 4.79 Å². The number of para-hydroxylation sites is 1. The second-order valence-electron chi connectivity index (χ2n) is 6.12. The molecule has 1 aliphatic rings. The minimum Gasteiger partial charge on any atom is -0.493 e. The number of Topliss-reactive ketones (excluding diaryl/α,β-unsaturated/α-hetero) is 1. The van der Waals surface area contributed by atoms with E-state index in [-0.39, 0.29) is 28.7 Å². The zero-order valence-corrected chi connectivity index (χ0v) is 16.7. The van der Waals surface area contributed by atoms with Gasteiger partial charge >= 0.3 is 5.97 Å². The Morgan fingerprint density at radius 1 is 1.10 bits per heavy atom. The van der Waals surface area contributed by atoms with Crippen molar-refractivity contribution >= 4 is 40.7 Å². The number of aliphatic carboxylic acids is 1. The molecule has 1 heterocycles. The van der Waals surface area contributed by atoms with Gasteiger partial charge in [-0.1, -0.05) is 42.5 Å². The monoisotopic (exact) mass is 427 g/mol. The second-order valence-corrected chi connectivity index (χ2v) is 7.11. The first-order valence-electron chi connectivity index (χ1n) is 8.76. The molecule has 0 aromatic heterocycles. The van der Waals surface area contributed by atoms with Crippen molar-refractivity contribution in [2.24, 2.45) is 0 Å². The number of thioether (sulfide) groups is 1. The zero-order chi connectivity index (χ0) is 21.7. The molecular weight excluding hydrogens is 410 g/mol. The lowest BCUT2D eigenvalue weighted by atomic mass is 10.1. The second kappa shape index (κ2) is 9.27. The fourth-order valence-corrected chi connectivity index (χ4v) is 3.56. The van der Waals surface area contributed by atoms with E-state index in [0.717, 1.165) is 4.90 Å². The van der Waals surface area contributed by atoms with Crippen molar-refractivity contribution in [3.8, 4) is 11.5 Å². The number of carboxylic acids is 1. The van der Waals surface area contributed by atoms with Crippen LogP contribution in [0.2, 0.25) is 0 Å². The van der Waals surface area contributed by atoms with Gasteiger partial charge < -0.3 is 14.6 Å². The van der Waals surface area contributed by atoms with E-state index in [2.05, 4.69) is 0 Å². The summed E-state index contributed by atoms with van der Waals surface area (Å²) in [4.78, 5) is 49.2. The lowest BCUT2D eigenvalue weighted by Crippen LogP contribution is -2.33. The van der Waals surface area contributed by atoms with Crippen molar-refractivity contribution in [2.75, 3.05) is 20.3 Å². The Morgan fingerprint density at radius 2 is 1.83 bits per heavy atom. The van der Waals surface area contributed by atoms with Crippen LogP contribution >= 0.6 is 11.8 Å². The van der Waals surface area contributed by atoms with E-state index < -0.39 is 23.7 Å². The average Bonchev–Trinajstić information content (AvgIpc) is 3.00. The van der Waals surface area contributed by atoms with Crippen molar-refractivity contribution in [1.82, 2.24) is 4.90 Å². The van der Waals surface area contributed by atoms with Gasteiger partial charge in [-0.3, -0.25) is 19.3 Å². The van der Waals surface area contributed by atoms with Crippen molar-refractivity contribution in [2.45, 2.75) is 0 Å². The summed E-state index contributed by atoms with van der Waals surface area (Å²) in [5, 5.41) is 8.32. The van der Waals surface area contributed by atoms with Gasteiger partial charge in [-0.2, -0.15) is 0 Å². The minimum absolute atomic E-state index is 0.0919. The zero-order valence-electron chi connectivity index (χ0n) is 15.9. The van der Waals surface area contributed by atoms with E-state index >= 15 is 0 Å². The number of nitrogens with zero attached hydrogens (tertiary/aromatic N) is 1. The normalized spacial score (nSPS) is 14.8. The van der Waals surface area contributed by atoms with Crippen LogP contribution in [0.15, 0.2) is 53.4 Å². The van der Waals surface area contributed by atoms with E-state index in [4.69, 9.17) is 14.6 Å². The number of methoxy groups -OCH3 is 1. The Bertz CT molecular complexity index is 1030. The quantitative estimate of drug-likeness (QED) is 0.506. The predicted molar refractivity (Wildman–Crippen MR) is 110 cm³/mol. The SMILES string of the molecule is COc1cccc(/C=C2/SC(=O)N(CC(=O)c3ccccc3)C2=O)c1OCC(=O)O. The summed E-state index contributed by atoms with van der Waals surface area (Å²) in [6, 6.07) is 13.2. The molecule has 1 aliphatic heterocycles. The Morgan fingerprint density at radius 3 is 2.50 bits per heavy atom. The molecule has 3 rings (SSSR count). The van der Waals surface area contributed by atoms with Crippen LogP contribution in [0.3, 0.4) is 0 Å². The maximum absolute atomic E-state index is 12.7. The highest BCUT2D eigenvalue weighted by Crippen LogP contribution is 2.37. The van der Waals surface area contributed by atoms with Crippen LogP contribution in [-0.4, -0.2) is 53.2 Å². The fourth-order valence-electron chi connectivity index (χ4n) is 2.73. The topological polar surface area (TPSA) is 110 Å². The third-order valence-corrected chi connectivity index (χ3v) is 5.03. The molecule has 9 heteroatoms. The number of hydrogen-bond acceptors (Lipinski definition) is 7. The molecule has 0 unspecified atom stereocenters. The number of rotatable bonds is 8. The molecule has 30 heavy (non-hydrogen) atoms. The highest BCUT2D eigenvalue weighted by molar-refractivity contribution is 8.18. The van der Waals surface area contributed by atoms with Gasteiger partial charge in [-0.05, 0) is 23.9 Å². The summed E-state index contributed by atoms with van der Waals surface area (Å²) in [6.45, 7) is -0.971. The molecule has 0 saturated carbocycles. The predicted octanol–water partition coefficient (Wildman–Crippen LogP) is 3.08. The van der Waals surface area contributed by atoms with Gasteiger partial charge in [-0.15, -0.1) is 0 Å². The van der Waals surface area contributed by atoms with Crippen molar-refractivity contribution in [1.29, 1.82) is 0 Å². The number of ether oxygens (including phenoxy) is 2. The average molecular weight is 427 g/mol. The molecule has 0 aliphatic carbocycles. The molecule has 8 nitrogen and oxygen atoms in total. The van der Waals surface area contributed by atoms with Crippen LogP contribution in [-0.2, 0) is 9.59 Å². The minimum atomic E-state index is -1.17. The Balaban J connectivity index is 1.85. The van der Waals surface area contributed by atoms with E-state index in [1.807, 2.05) is 0 Å². The Labute approximate surface area is 176 Å². The van der Waals surface area contributed by atoms with Gasteiger partial charge in [0, 0.05) is 11.1 Å². The molecule has 0 atom stereocenters. The first-order valence-corrected chi connectivity index (χ1v) is 9.57. The lowest BCUT2D eigenvalue weighted by molar-refractivity contribution is -0.139. The highest BCUT2D eigenvalue weighted by Gasteiger charge is 2.36. The van der Waals surface area contributed by atoms with E-state index in [9.17, 15) is 19.2 Å². The number of carboxylic acid groups (broad SMARTS) is 1. The van der Waals surface area contributed by atoms with E-state index in [1.165, 1.54) is 13.2 Å². The van der Waals surface area contributed by atoms with Gasteiger partial charge in [0.1, 0.15) is 0 Å². The van der Waals surface area contributed by atoms with Crippen LogP contribution in [0, 0.1) is 0 Å².